The zero-order chi connectivity index (χ0) is 16.0. The lowest BCUT2D eigenvalue weighted by atomic mass is 9.99. The van der Waals surface area contributed by atoms with Crippen molar-refractivity contribution in [2.24, 2.45) is 16.9 Å². The summed E-state index contributed by atoms with van der Waals surface area (Å²) >= 11 is 0. The van der Waals surface area contributed by atoms with Gasteiger partial charge in [-0.3, -0.25) is 4.79 Å². The van der Waals surface area contributed by atoms with E-state index >= 15 is 0 Å². The molecule has 1 aromatic carbocycles. The molecule has 0 bridgehead atoms. The van der Waals surface area contributed by atoms with Gasteiger partial charge >= 0.3 is 0 Å². The Balaban J connectivity index is 1.58. The van der Waals surface area contributed by atoms with E-state index < -0.39 is 17.7 Å². The van der Waals surface area contributed by atoms with Crippen LogP contribution in [-0.2, 0) is 4.79 Å². The number of hydrazone groups is 1. The van der Waals surface area contributed by atoms with Crippen molar-refractivity contribution in [1.29, 1.82) is 0 Å². The minimum atomic E-state index is -0.560. The van der Waals surface area contributed by atoms with Gasteiger partial charge in [-0.05, 0) is 30.5 Å². The van der Waals surface area contributed by atoms with Crippen LogP contribution in [0.5, 0.6) is 0 Å². The maximum atomic E-state index is 14.0. The van der Waals surface area contributed by atoms with Gasteiger partial charge in [0.2, 0.25) is 5.91 Å². The van der Waals surface area contributed by atoms with Gasteiger partial charge in [0.05, 0.1) is 12.0 Å². The van der Waals surface area contributed by atoms with Gasteiger partial charge in [0.15, 0.2) is 0 Å². The largest absolute Gasteiger partial charge is 0.312 e. The summed E-state index contributed by atoms with van der Waals surface area (Å²) in [7, 11) is 0. The second-order valence-corrected chi connectivity index (χ2v) is 6.31. The standard InChI is InChI=1S/C17H17F2N3O/c18-13-1-2-15(19)14(7-13)16-3-4-21-22(16)17(23)10-5-11-8-20-9-12(11)6-10/h1-2,4-5,7,10,12,16,20H,3,6,8-9H2. The summed E-state index contributed by atoms with van der Waals surface area (Å²) in [5.74, 6) is -0.949. The predicted octanol–water partition coefficient (Wildman–Crippen LogP) is 2.39. The van der Waals surface area contributed by atoms with Crippen molar-refractivity contribution in [2.75, 3.05) is 13.1 Å². The maximum absolute atomic E-state index is 14.0. The predicted molar refractivity (Wildman–Crippen MR) is 81.6 cm³/mol. The zero-order valence-corrected chi connectivity index (χ0v) is 12.5. The average molecular weight is 317 g/mol. The smallest absolute Gasteiger partial charge is 0.250 e. The summed E-state index contributed by atoms with van der Waals surface area (Å²) in [5, 5.41) is 8.74. The molecule has 3 aliphatic rings. The van der Waals surface area contributed by atoms with Crippen molar-refractivity contribution in [3.8, 4) is 0 Å². The monoisotopic (exact) mass is 317 g/mol. The molecule has 2 aliphatic heterocycles. The highest BCUT2D eigenvalue weighted by molar-refractivity contribution is 5.84. The fraction of sp³-hybridized carbons (Fsp3) is 0.412. The number of carbonyl (C=O) groups is 1. The van der Waals surface area contributed by atoms with E-state index in [4.69, 9.17) is 0 Å². The second-order valence-electron chi connectivity index (χ2n) is 6.31. The van der Waals surface area contributed by atoms with Crippen LogP contribution in [0.15, 0.2) is 34.9 Å². The topological polar surface area (TPSA) is 44.7 Å². The van der Waals surface area contributed by atoms with Crippen molar-refractivity contribution in [3.63, 3.8) is 0 Å². The molecule has 1 aromatic rings. The fourth-order valence-corrected chi connectivity index (χ4v) is 3.73. The zero-order valence-electron chi connectivity index (χ0n) is 12.5. The number of nitrogens with one attached hydrogen (secondary N) is 1. The molecule has 4 rings (SSSR count). The second kappa shape index (κ2) is 5.53. The summed E-state index contributed by atoms with van der Waals surface area (Å²) in [6.45, 7) is 1.74. The van der Waals surface area contributed by atoms with E-state index in [-0.39, 0.29) is 17.4 Å². The third-order valence-corrected chi connectivity index (χ3v) is 4.89. The average Bonchev–Trinajstić information content (AvgIpc) is 3.23. The van der Waals surface area contributed by atoms with Crippen molar-refractivity contribution >= 4 is 12.1 Å². The number of amides is 1. The molecule has 1 fully saturated rings. The highest BCUT2D eigenvalue weighted by Crippen LogP contribution is 2.37. The molecule has 0 radical (unpaired) electrons. The number of carbonyl (C=O) groups excluding carboxylic acids is 1. The van der Waals surface area contributed by atoms with Crippen molar-refractivity contribution in [2.45, 2.75) is 18.9 Å². The first kappa shape index (κ1) is 14.5. The van der Waals surface area contributed by atoms with Gasteiger partial charge in [-0.1, -0.05) is 11.6 Å². The Kier molecular flexibility index (Phi) is 3.49. The van der Waals surface area contributed by atoms with Crippen LogP contribution < -0.4 is 5.32 Å². The summed E-state index contributed by atoms with van der Waals surface area (Å²) in [6, 6.07) is 2.77. The van der Waals surface area contributed by atoms with Crippen LogP contribution in [0.4, 0.5) is 8.78 Å². The molecule has 1 N–H and O–H groups in total. The first-order chi connectivity index (χ1) is 11.1. The summed E-state index contributed by atoms with van der Waals surface area (Å²) in [6.07, 6.45) is 4.78. The van der Waals surface area contributed by atoms with E-state index in [9.17, 15) is 13.6 Å². The SMILES string of the molecule is O=C(C1C=C2CNCC2C1)N1N=CCC1c1cc(F)ccc1F. The highest BCUT2D eigenvalue weighted by atomic mass is 19.1. The molecular weight excluding hydrogens is 300 g/mol. The third kappa shape index (κ3) is 2.47. The van der Waals surface area contributed by atoms with Gasteiger partial charge in [-0.15, -0.1) is 0 Å². The molecule has 0 spiro atoms. The quantitative estimate of drug-likeness (QED) is 0.851. The van der Waals surface area contributed by atoms with Crippen LogP contribution in [0.1, 0.15) is 24.4 Å². The Labute approximate surface area is 132 Å². The first-order valence-corrected chi connectivity index (χ1v) is 7.85. The van der Waals surface area contributed by atoms with Crippen LogP contribution in [0.25, 0.3) is 0 Å². The molecule has 0 aromatic heterocycles. The summed E-state index contributed by atoms with van der Waals surface area (Å²) in [4.78, 5) is 12.8. The van der Waals surface area contributed by atoms with Crippen LogP contribution in [0.2, 0.25) is 0 Å². The van der Waals surface area contributed by atoms with Gasteiger partial charge < -0.3 is 5.32 Å². The number of hydrogen-bond acceptors (Lipinski definition) is 3. The van der Waals surface area contributed by atoms with E-state index in [0.29, 0.717) is 12.3 Å². The Hall–Kier alpha value is -2.08. The number of benzene rings is 1. The van der Waals surface area contributed by atoms with Crippen molar-refractivity contribution in [3.05, 3.63) is 47.0 Å². The lowest BCUT2D eigenvalue weighted by molar-refractivity contribution is -0.136. The number of rotatable bonds is 2. The Morgan fingerprint density at radius 3 is 3.04 bits per heavy atom. The minimum Gasteiger partial charge on any atom is -0.312 e. The van der Waals surface area contributed by atoms with E-state index in [0.717, 1.165) is 37.7 Å². The normalized spacial score (nSPS) is 29.0. The third-order valence-electron chi connectivity index (χ3n) is 4.89. The van der Waals surface area contributed by atoms with E-state index in [1.165, 1.54) is 10.6 Å². The molecule has 0 saturated carbocycles. The summed E-state index contributed by atoms with van der Waals surface area (Å²) < 4.78 is 27.5. The van der Waals surface area contributed by atoms with E-state index in [1.807, 2.05) is 6.08 Å². The molecule has 3 unspecified atom stereocenters. The van der Waals surface area contributed by atoms with Gasteiger partial charge in [-0.2, -0.15) is 5.10 Å². The van der Waals surface area contributed by atoms with Crippen LogP contribution in [-0.4, -0.2) is 30.2 Å². The minimum absolute atomic E-state index is 0.130. The van der Waals surface area contributed by atoms with Crippen LogP contribution in [0, 0.1) is 23.5 Å². The molecule has 120 valence electrons. The van der Waals surface area contributed by atoms with Gasteiger partial charge in [0.25, 0.3) is 0 Å². The summed E-state index contributed by atoms with van der Waals surface area (Å²) in [5.41, 5.74) is 1.46. The van der Waals surface area contributed by atoms with E-state index in [2.05, 4.69) is 10.4 Å². The van der Waals surface area contributed by atoms with Crippen molar-refractivity contribution < 1.29 is 13.6 Å². The molecule has 6 heteroatoms. The highest BCUT2D eigenvalue weighted by Gasteiger charge is 2.39. The Bertz CT molecular complexity index is 716. The molecule has 2 heterocycles. The van der Waals surface area contributed by atoms with Crippen LogP contribution in [0.3, 0.4) is 0 Å². The fourth-order valence-electron chi connectivity index (χ4n) is 3.73. The molecule has 1 aliphatic carbocycles. The molecule has 23 heavy (non-hydrogen) atoms. The molecule has 1 amide bonds. The molecule has 4 nitrogen and oxygen atoms in total. The lowest BCUT2D eigenvalue weighted by Crippen LogP contribution is -2.32. The lowest BCUT2D eigenvalue weighted by Gasteiger charge is -2.25. The maximum Gasteiger partial charge on any atom is 0.250 e. The number of fused-ring (bicyclic) bond motifs is 1. The van der Waals surface area contributed by atoms with Crippen molar-refractivity contribution in [1.82, 2.24) is 10.3 Å². The van der Waals surface area contributed by atoms with Gasteiger partial charge in [0.1, 0.15) is 11.6 Å². The van der Waals surface area contributed by atoms with Crippen LogP contribution >= 0.6 is 0 Å². The number of halogens is 2. The van der Waals surface area contributed by atoms with E-state index in [1.54, 1.807) is 6.21 Å². The van der Waals surface area contributed by atoms with Gasteiger partial charge in [-0.25, -0.2) is 13.8 Å². The molecule has 3 atom stereocenters. The van der Waals surface area contributed by atoms with Gasteiger partial charge in [0, 0.05) is 31.3 Å². The first-order valence-electron chi connectivity index (χ1n) is 7.85. The molecule has 1 saturated heterocycles. The molecular formula is C17H17F2N3O. The Morgan fingerprint density at radius 1 is 1.35 bits per heavy atom. The number of hydrogen-bond donors (Lipinski definition) is 1. The Morgan fingerprint density at radius 2 is 2.22 bits per heavy atom. The number of nitrogens with zero attached hydrogens (tertiary/aromatic N) is 2.